The summed E-state index contributed by atoms with van der Waals surface area (Å²) in [5, 5.41) is 0. The van der Waals surface area contributed by atoms with Gasteiger partial charge in [-0.3, -0.25) is 4.99 Å². The minimum absolute atomic E-state index is 0.0184. The van der Waals surface area contributed by atoms with Crippen LogP contribution < -0.4 is 4.90 Å². The molecule has 4 rings (SSSR count). The Kier molecular flexibility index (Phi) is 8.11. The number of likely N-dealkylation sites (N-methyl/N-ethyl adjacent to an activating group) is 1. The van der Waals surface area contributed by atoms with Crippen molar-refractivity contribution < 1.29 is 0 Å². The number of nitrogens with zero attached hydrogens (tertiary/aromatic N) is 2. The van der Waals surface area contributed by atoms with Crippen LogP contribution in [0.5, 0.6) is 0 Å². The molecule has 2 aliphatic heterocycles. The number of aliphatic imine (C=N–C) groups is 1. The molecule has 0 saturated heterocycles. The molecule has 0 N–H and O–H groups in total. The van der Waals surface area contributed by atoms with Gasteiger partial charge in [0.05, 0.1) is 11.4 Å². The maximum Gasteiger partial charge on any atom is 0.0695 e. The van der Waals surface area contributed by atoms with E-state index in [1.807, 2.05) is 0 Å². The summed E-state index contributed by atoms with van der Waals surface area (Å²) < 4.78 is 5.12. The van der Waals surface area contributed by atoms with Gasteiger partial charge in [0.25, 0.3) is 0 Å². The number of fused-ring (bicyclic) bond motifs is 2. The molecular weight excluding hydrogens is 872 g/mol. The van der Waals surface area contributed by atoms with E-state index in [0.717, 1.165) is 11.4 Å². The second kappa shape index (κ2) is 10.3. The van der Waals surface area contributed by atoms with Crippen LogP contribution in [0.15, 0.2) is 77.5 Å². The zero-order valence-corrected chi connectivity index (χ0v) is 28.4. The van der Waals surface area contributed by atoms with E-state index in [-0.39, 0.29) is 10.8 Å². The zero-order valence-electron chi connectivity index (χ0n) is 19.8. The van der Waals surface area contributed by atoms with Crippen molar-refractivity contribution in [2.45, 2.75) is 38.5 Å². The number of anilines is 1. The van der Waals surface area contributed by atoms with E-state index in [1.165, 1.54) is 36.8 Å². The van der Waals surface area contributed by atoms with Gasteiger partial charge in [-0.1, -0.05) is 58.1 Å². The van der Waals surface area contributed by atoms with Gasteiger partial charge in [0, 0.05) is 54.7 Å². The smallest absolute Gasteiger partial charge is 0.0695 e. The molecule has 2 heterocycles. The van der Waals surface area contributed by atoms with E-state index < -0.39 is 0 Å². The minimum Gasteiger partial charge on any atom is -0.347 e. The van der Waals surface area contributed by atoms with Crippen LogP contribution in [0.2, 0.25) is 0 Å². The fraction of sp³-hybridized carbons (Fsp3) is 0.250. The molecule has 0 unspecified atom stereocenters. The molecule has 2 nitrogen and oxygen atoms in total. The van der Waals surface area contributed by atoms with E-state index in [9.17, 15) is 0 Å². The maximum absolute atomic E-state index is 4.92. The van der Waals surface area contributed by atoms with Crippen LogP contribution in [0, 0.1) is 14.3 Å². The number of hydrogen-bond donors (Lipinski definition) is 0. The third kappa shape index (κ3) is 4.98. The Morgan fingerprint density at radius 1 is 0.735 bits per heavy atom. The predicted molar refractivity (Wildman–Crippen MR) is 181 cm³/mol. The molecular formula is C28H26I4N2. The quantitative estimate of drug-likeness (QED) is 0.221. The maximum atomic E-state index is 4.92. The Bertz CT molecular complexity index is 1310. The normalized spacial score (nSPS) is 19.6. The summed E-state index contributed by atoms with van der Waals surface area (Å²) in [4.78, 5) is 7.25. The number of halogens is 4. The Labute approximate surface area is 257 Å². The number of benzene rings is 2. The highest BCUT2D eigenvalue weighted by molar-refractivity contribution is 14.1. The van der Waals surface area contributed by atoms with Crippen LogP contribution in [0.4, 0.5) is 11.4 Å². The van der Waals surface area contributed by atoms with Crippen LogP contribution in [0.25, 0.3) is 0 Å². The van der Waals surface area contributed by atoms with Crippen molar-refractivity contribution in [3.05, 3.63) is 97.9 Å². The van der Waals surface area contributed by atoms with Crippen molar-refractivity contribution in [2.75, 3.05) is 11.9 Å². The summed E-state index contributed by atoms with van der Waals surface area (Å²) in [5.74, 6) is 0. The monoisotopic (exact) mass is 898 g/mol. The molecule has 0 spiro atoms. The van der Waals surface area contributed by atoms with Crippen LogP contribution in [0.3, 0.4) is 0 Å². The summed E-state index contributed by atoms with van der Waals surface area (Å²) in [6.07, 6.45) is 14.9. The van der Waals surface area contributed by atoms with Gasteiger partial charge >= 0.3 is 0 Å². The first-order valence-electron chi connectivity index (χ1n) is 11.0. The van der Waals surface area contributed by atoms with Gasteiger partial charge in [-0.15, -0.1) is 0 Å². The first-order valence-corrected chi connectivity index (χ1v) is 15.3. The molecule has 34 heavy (non-hydrogen) atoms. The van der Waals surface area contributed by atoms with Crippen LogP contribution in [0.1, 0.15) is 38.8 Å². The van der Waals surface area contributed by atoms with Gasteiger partial charge in [0.15, 0.2) is 0 Å². The van der Waals surface area contributed by atoms with Crippen molar-refractivity contribution in [1.29, 1.82) is 0 Å². The van der Waals surface area contributed by atoms with Crippen molar-refractivity contribution in [1.82, 2.24) is 0 Å². The molecule has 0 aliphatic carbocycles. The topological polar surface area (TPSA) is 15.6 Å². The molecule has 0 atom stereocenters. The lowest BCUT2D eigenvalue weighted by molar-refractivity contribution is 0.637. The highest BCUT2D eigenvalue weighted by atomic mass is 127. The van der Waals surface area contributed by atoms with Crippen molar-refractivity contribution in [3.8, 4) is 0 Å². The van der Waals surface area contributed by atoms with Crippen LogP contribution in [-0.4, -0.2) is 12.8 Å². The standard InChI is InChI=1S/C28H26I4N2/c1-27(2)23(33-21-15-17(29)13-19(31)25(21)27)11-9-7-6-8-10-12-24-28(3,4)26-20(32)14-18(30)16-22(26)34(24)5/h6-16H,1-5H3/b7-6+,10-8+,11-9+,24-12-. The molecule has 2 aromatic carbocycles. The van der Waals surface area contributed by atoms with Gasteiger partial charge in [0.1, 0.15) is 0 Å². The van der Waals surface area contributed by atoms with E-state index in [2.05, 4.69) is 197 Å². The Morgan fingerprint density at radius 2 is 1.32 bits per heavy atom. The van der Waals surface area contributed by atoms with Crippen molar-refractivity contribution in [3.63, 3.8) is 0 Å². The van der Waals surface area contributed by atoms with Crippen molar-refractivity contribution >= 4 is 107 Å². The second-order valence-corrected chi connectivity index (χ2v) is 14.4. The average Bonchev–Trinajstić information content (AvgIpc) is 3.08. The fourth-order valence-electron chi connectivity index (χ4n) is 4.84. The lowest BCUT2D eigenvalue weighted by Gasteiger charge is -2.24. The molecule has 0 saturated carbocycles. The highest BCUT2D eigenvalue weighted by Gasteiger charge is 2.40. The summed E-state index contributed by atoms with van der Waals surface area (Å²) >= 11 is 9.68. The second-order valence-electron chi connectivity index (χ2n) is 9.55. The lowest BCUT2D eigenvalue weighted by Crippen LogP contribution is -2.24. The molecule has 6 heteroatoms. The first-order chi connectivity index (χ1) is 15.9. The Morgan fingerprint density at radius 3 is 2.03 bits per heavy atom. The first kappa shape index (κ1) is 26.8. The summed E-state index contributed by atoms with van der Waals surface area (Å²) in [6.45, 7) is 9.14. The summed E-state index contributed by atoms with van der Waals surface area (Å²) in [5.41, 5.74) is 7.48. The molecule has 2 aliphatic rings. The van der Waals surface area contributed by atoms with E-state index in [0.29, 0.717) is 0 Å². The molecule has 0 radical (unpaired) electrons. The summed E-state index contributed by atoms with van der Waals surface area (Å²) in [7, 11) is 2.17. The predicted octanol–water partition coefficient (Wildman–Crippen LogP) is 9.45. The molecule has 176 valence electrons. The Hall–Kier alpha value is -0.210. The highest BCUT2D eigenvalue weighted by Crippen LogP contribution is 2.49. The molecule has 2 aromatic rings. The van der Waals surface area contributed by atoms with Crippen LogP contribution in [-0.2, 0) is 10.8 Å². The molecule has 0 aromatic heterocycles. The SMILES string of the molecule is CN1\C(=C/C=C/C=C/C=C/C2=Nc3cc(I)cc(I)c3C2(C)C)C(C)(C)c2c(I)cc(I)cc21. The largest absolute Gasteiger partial charge is 0.347 e. The third-order valence-electron chi connectivity index (χ3n) is 6.52. The van der Waals surface area contributed by atoms with Crippen molar-refractivity contribution in [2.24, 2.45) is 4.99 Å². The van der Waals surface area contributed by atoms with Gasteiger partial charge in [-0.05, 0) is 127 Å². The Balaban J connectivity index is 1.47. The fourth-order valence-corrected chi connectivity index (χ4v) is 9.81. The number of rotatable bonds is 4. The molecule has 0 bridgehead atoms. The van der Waals surface area contributed by atoms with Gasteiger partial charge in [-0.2, -0.15) is 0 Å². The van der Waals surface area contributed by atoms with E-state index in [4.69, 9.17) is 4.99 Å². The number of allylic oxidation sites excluding steroid dienone is 8. The third-order valence-corrected chi connectivity index (χ3v) is 9.46. The zero-order chi connectivity index (χ0) is 24.8. The minimum atomic E-state index is -0.0796. The van der Waals surface area contributed by atoms with Gasteiger partial charge in [-0.25, -0.2) is 0 Å². The van der Waals surface area contributed by atoms with Crippen LogP contribution >= 0.6 is 90.4 Å². The lowest BCUT2D eigenvalue weighted by atomic mass is 9.81. The van der Waals surface area contributed by atoms with E-state index >= 15 is 0 Å². The average molecular weight is 898 g/mol. The van der Waals surface area contributed by atoms with E-state index in [1.54, 1.807) is 0 Å². The van der Waals surface area contributed by atoms with Gasteiger partial charge in [0.2, 0.25) is 0 Å². The molecule has 0 fully saturated rings. The van der Waals surface area contributed by atoms with Gasteiger partial charge < -0.3 is 4.90 Å². The molecule has 0 amide bonds. The number of hydrogen-bond acceptors (Lipinski definition) is 2. The summed E-state index contributed by atoms with van der Waals surface area (Å²) in [6, 6.07) is 8.95.